The summed E-state index contributed by atoms with van der Waals surface area (Å²) >= 11 is 0. The first kappa shape index (κ1) is 14.0. The number of carbonyl (C=O) groups excluding carboxylic acids is 1. The molecule has 0 bridgehead atoms. The highest BCUT2D eigenvalue weighted by molar-refractivity contribution is 5.79. The number of aromatic amines is 1. The minimum Gasteiger partial charge on any atom is -0.349 e. The van der Waals surface area contributed by atoms with Crippen LogP contribution in [-0.4, -0.2) is 22.4 Å². The highest BCUT2D eigenvalue weighted by Gasteiger charge is 2.31. The van der Waals surface area contributed by atoms with E-state index in [0.717, 1.165) is 19.3 Å². The van der Waals surface area contributed by atoms with Gasteiger partial charge in [-0.25, -0.2) is 9.37 Å². The van der Waals surface area contributed by atoms with E-state index in [4.69, 9.17) is 5.73 Å². The Labute approximate surface area is 122 Å². The van der Waals surface area contributed by atoms with Gasteiger partial charge in [0.25, 0.3) is 0 Å². The summed E-state index contributed by atoms with van der Waals surface area (Å²) in [7, 11) is 0. The van der Waals surface area contributed by atoms with Crippen molar-refractivity contribution in [1.82, 2.24) is 15.3 Å². The Balaban J connectivity index is 1.64. The average molecular weight is 290 g/mol. The van der Waals surface area contributed by atoms with Crippen LogP contribution in [0, 0.1) is 17.7 Å². The number of hydrogen-bond acceptors (Lipinski definition) is 3. The van der Waals surface area contributed by atoms with Crippen LogP contribution in [0.3, 0.4) is 0 Å². The van der Waals surface area contributed by atoms with Crippen LogP contribution in [0.15, 0.2) is 18.2 Å². The van der Waals surface area contributed by atoms with Crippen LogP contribution in [0.4, 0.5) is 4.39 Å². The summed E-state index contributed by atoms with van der Waals surface area (Å²) in [4.78, 5) is 19.5. The first-order chi connectivity index (χ1) is 10.2. The van der Waals surface area contributed by atoms with Gasteiger partial charge >= 0.3 is 0 Å². The third-order valence-corrected chi connectivity index (χ3v) is 4.22. The number of halogens is 1. The number of rotatable bonds is 4. The normalized spacial score (nSPS) is 21.8. The van der Waals surface area contributed by atoms with E-state index >= 15 is 0 Å². The molecular formula is C15H19FN4O. The van der Waals surface area contributed by atoms with Crippen LogP contribution < -0.4 is 11.1 Å². The number of nitrogens with one attached hydrogen (secondary N) is 2. The van der Waals surface area contributed by atoms with E-state index in [1.807, 2.05) is 0 Å². The van der Waals surface area contributed by atoms with Crippen LogP contribution in [0.2, 0.25) is 0 Å². The number of fused-ring (bicyclic) bond motifs is 1. The van der Waals surface area contributed by atoms with Crippen molar-refractivity contribution < 1.29 is 9.18 Å². The molecule has 0 aliphatic heterocycles. The Hall–Kier alpha value is -1.95. The van der Waals surface area contributed by atoms with Gasteiger partial charge in [-0.15, -0.1) is 0 Å². The molecule has 5 nitrogen and oxygen atoms in total. The molecule has 6 heteroatoms. The van der Waals surface area contributed by atoms with Gasteiger partial charge in [-0.05, 0) is 43.5 Å². The largest absolute Gasteiger partial charge is 0.349 e. The Bertz CT molecular complexity index is 654. The van der Waals surface area contributed by atoms with Crippen molar-refractivity contribution >= 4 is 16.9 Å². The second-order valence-electron chi connectivity index (χ2n) is 5.60. The van der Waals surface area contributed by atoms with Crippen molar-refractivity contribution in [2.75, 3.05) is 6.54 Å². The first-order valence-corrected chi connectivity index (χ1v) is 7.29. The van der Waals surface area contributed by atoms with Gasteiger partial charge in [0.15, 0.2) is 0 Å². The molecule has 1 aliphatic carbocycles. The number of carbonyl (C=O) groups is 1. The zero-order chi connectivity index (χ0) is 14.8. The van der Waals surface area contributed by atoms with Crippen molar-refractivity contribution in [1.29, 1.82) is 0 Å². The van der Waals surface area contributed by atoms with Crippen LogP contribution in [0.1, 0.15) is 25.1 Å². The van der Waals surface area contributed by atoms with E-state index in [-0.39, 0.29) is 23.6 Å². The van der Waals surface area contributed by atoms with E-state index in [0.29, 0.717) is 29.9 Å². The van der Waals surface area contributed by atoms with Gasteiger partial charge in [0.05, 0.1) is 17.6 Å². The number of H-pyrrole nitrogens is 1. The van der Waals surface area contributed by atoms with Gasteiger partial charge in [-0.3, -0.25) is 4.79 Å². The average Bonchev–Trinajstić information content (AvgIpc) is 3.10. The summed E-state index contributed by atoms with van der Waals surface area (Å²) < 4.78 is 13.1. The van der Waals surface area contributed by atoms with E-state index in [9.17, 15) is 9.18 Å². The summed E-state index contributed by atoms with van der Waals surface area (Å²) in [5.74, 6) is 0.658. The van der Waals surface area contributed by atoms with Gasteiger partial charge in [0.2, 0.25) is 5.91 Å². The second-order valence-corrected chi connectivity index (χ2v) is 5.60. The summed E-state index contributed by atoms with van der Waals surface area (Å²) in [5.41, 5.74) is 7.03. The molecule has 1 aromatic heterocycles. The Morgan fingerprint density at radius 2 is 2.33 bits per heavy atom. The first-order valence-electron chi connectivity index (χ1n) is 7.29. The number of nitrogens with zero attached hydrogens (tertiary/aromatic N) is 1. The molecule has 4 N–H and O–H groups in total. The molecule has 1 amide bonds. The molecule has 1 fully saturated rings. The van der Waals surface area contributed by atoms with Crippen molar-refractivity contribution in [3.8, 4) is 0 Å². The Morgan fingerprint density at radius 1 is 1.48 bits per heavy atom. The van der Waals surface area contributed by atoms with Gasteiger partial charge in [0.1, 0.15) is 11.6 Å². The predicted octanol–water partition coefficient (Wildman–Crippen LogP) is 1.69. The van der Waals surface area contributed by atoms with Gasteiger partial charge in [-0.1, -0.05) is 6.42 Å². The molecule has 1 heterocycles. The smallest absolute Gasteiger partial charge is 0.223 e. The fraction of sp³-hybridized carbons (Fsp3) is 0.467. The standard InChI is InChI=1S/C15H19FN4O/c16-10-4-5-12-13(6-10)20-14(19-12)8-18-15(21)11-3-1-2-9(11)7-17/h4-6,9,11H,1-3,7-8,17H2,(H,18,21)(H,19,20)/t9-,11-/m1/s1. The third kappa shape index (κ3) is 2.90. The lowest BCUT2D eigenvalue weighted by atomic mass is 9.95. The molecule has 2 aromatic rings. The predicted molar refractivity (Wildman–Crippen MR) is 77.8 cm³/mol. The van der Waals surface area contributed by atoms with Crippen molar-refractivity contribution in [2.24, 2.45) is 17.6 Å². The molecule has 21 heavy (non-hydrogen) atoms. The molecule has 0 spiro atoms. The zero-order valence-electron chi connectivity index (χ0n) is 11.7. The zero-order valence-corrected chi connectivity index (χ0v) is 11.7. The van der Waals surface area contributed by atoms with Crippen LogP contribution in [0.25, 0.3) is 11.0 Å². The molecule has 0 radical (unpaired) electrons. The van der Waals surface area contributed by atoms with Crippen molar-refractivity contribution in [2.45, 2.75) is 25.8 Å². The van der Waals surface area contributed by atoms with E-state index < -0.39 is 0 Å². The molecule has 1 aliphatic rings. The lowest BCUT2D eigenvalue weighted by molar-refractivity contribution is -0.126. The quantitative estimate of drug-likeness (QED) is 0.801. The SMILES string of the molecule is NC[C@H]1CCC[C@H]1C(=O)NCc1nc2ccc(F)cc2[nH]1. The molecule has 0 unspecified atom stereocenters. The number of benzene rings is 1. The van der Waals surface area contributed by atoms with E-state index in [1.165, 1.54) is 12.1 Å². The lowest BCUT2D eigenvalue weighted by Gasteiger charge is -2.16. The van der Waals surface area contributed by atoms with Crippen LogP contribution >= 0.6 is 0 Å². The van der Waals surface area contributed by atoms with Crippen LogP contribution in [0.5, 0.6) is 0 Å². The third-order valence-electron chi connectivity index (χ3n) is 4.22. The lowest BCUT2D eigenvalue weighted by Crippen LogP contribution is -2.34. The fourth-order valence-electron chi connectivity index (χ4n) is 3.08. The number of amides is 1. The number of hydrogen-bond donors (Lipinski definition) is 3. The molecular weight excluding hydrogens is 271 g/mol. The molecule has 0 saturated heterocycles. The summed E-state index contributed by atoms with van der Waals surface area (Å²) in [6.07, 6.45) is 2.99. The van der Waals surface area contributed by atoms with Crippen molar-refractivity contribution in [3.05, 3.63) is 29.8 Å². The Morgan fingerprint density at radius 3 is 3.14 bits per heavy atom. The maximum atomic E-state index is 13.1. The maximum absolute atomic E-state index is 13.1. The molecule has 112 valence electrons. The highest BCUT2D eigenvalue weighted by atomic mass is 19.1. The number of imidazole rings is 1. The van der Waals surface area contributed by atoms with E-state index in [1.54, 1.807) is 6.07 Å². The fourth-order valence-corrected chi connectivity index (χ4v) is 3.08. The minimum atomic E-state index is -0.307. The monoisotopic (exact) mass is 290 g/mol. The van der Waals surface area contributed by atoms with E-state index in [2.05, 4.69) is 15.3 Å². The summed E-state index contributed by atoms with van der Waals surface area (Å²) in [6, 6.07) is 4.39. The maximum Gasteiger partial charge on any atom is 0.223 e. The van der Waals surface area contributed by atoms with Gasteiger partial charge in [-0.2, -0.15) is 0 Å². The van der Waals surface area contributed by atoms with Gasteiger partial charge < -0.3 is 16.0 Å². The van der Waals surface area contributed by atoms with Gasteiger partial charge in [0, 0.05) is 5.92 Å². The second kappa shape index (κ2) is 5.81. The summed E-state index contributed by atoms with van der Waals surface area (Å²) in [5, 5.41) is 2.90. The number of nitrogens with two attached hydrogens (primary N) is 1. The molecule has 1 saturated carbocycles. The topological polar surface area (TPSA) is 83.8 Å². The Kier molecular flexibility index (Phi) is 3.88. The summed E-state index contributed by atoms with van der Waals surface area (Å²) in [6.45, 7) is 0.880. The van der Waals surface area contributed by atoms with Crippen molar-refractivity contribution in [3.63, 3.8) is 0 Å². The molecule has 2 atom stereocenters. The minimum absolute atomic E-state index is 0.0109. The highest BCUT2D eigenvalue weighted by Crippen LogP contribution is 2.30. The number of aromatic nitrogens is 2. The molecule has 1 aromatic carbocycles. The molecule has 3 rings (SSSR count). The van der Waals surface area contributed by atoms with Crippen LogP contribution in [-0.2, 0) is 11.3 Å².